The molecule has 4 bridgehead atoms. The van der Waals surface area contributed by atoms with Crippen LogP contribution in [0.4, 0.5) is 0 Å². The van der Waals surface area contributed by atoms with Crippen molar-refractivity contribution < 1.29 is 30.3 Å². The minimum absolute atomic E-state index is 0.0190. The van der Waals surface area contributed by atoms with Crippen molar-refractivity contribution in [3.8, 4) is 0 Å². The summed E-state index contributed by atoms with van der Waals surface area (Å²) in [5.74, 6) is 0.183. The van der Waals surface area contributed by atoms with E-state index in [1.54, 1.807) is 0 Å². The van der Waals surface area contributed by atoms with E-state index in [1.165, 1.54) is 5.57 Å². The Labute approximate surface area is 280 Å². The van der Waals surface area contributed by atoms with E-state index in [4.69, 9.17) is 0 Å². The first-order valence-electron chi connectivity index (χ1n) is 19.2. The van der Waals surface area contributed by atoms with Crippen molar-refractivity contribution in [1.82, 2.24) is 0 Å². The zero-order valence-electron chi connectivity index (χ0n) is 28.9. The molecule has 6 nitrogen and oxygen atoms in total. The van der Waals surface area contributed by atoms with Crippen LogP contribution in [0.2, 0.25) is 0 Å². The van der Waals surface area contributed by atoms with Crippen molar-refractivity contribution in [2.24, 2.45) is 67.5 Å². The van der Waals surface area contributed by atoms with Gasteiger partial charge in [0.1, 0.15) is 0 Å². The number of aliphatic hydroxyl groups excluding tert-OH is 4. The second-order valence-corrected chi connectivity index (χ2v) is 19.5. The van der Waals surface area contributed by atoms with Gasteiger partial charge in [0, 0.05) is 16.7 Å². The summed E-state index contributed by atoms with van der Waals surface area (Å²) in [6, 6.07) is 0. The Morgan fingerprint density at radius 1 is 0.936 bits per heavy atom. The van der Waals surface area contributed by atoms with Crippen LogP contribution < -0.4 is 0 Å². The summed E-state index contributed by atoms with van der Waals surface area (Å²) in [6.45, 7) is 6.72. The van der Waals surface area contributed by atoms with Crippen LogP contribution in [0.3, 0.4) is 0 Å². The van der Waals surface area contributed by atoms with Crippen LogP contribution in [0.15, 0.2) is 36.0 Å². The molecule has 0 saturated heterocycles. The Kier molecular flexibility index (Phi) is 6.41. The van der Waals surface area contributed by atoms with E-state index in [9.17, 15) is 25.5 Å². The monoisotopic (exact) mass is 646 g/mol. The molecule has 6 saturated carbocycles. The average Bonchev–Trinajstić information content (AvgIpc) is 3.18. The molecule has 2 spiro atoms. The van der Waals surface area contributed by atoms with Crippen LogP contribution in [-0.2, 0) is 4.79 Å². The molecule has 0 heterocycles. The molecule has 10 aliphatic carbocycles. The van der Waals surface area contributed by atoms with Gasteiger partial charge in [-0.15, -0.1) is 0 Å². The highest BCUT2D eigenvalue weighted by atomic mass is 16.3. The summed E-state index contributed by atoms with van der Waals surface area (Å²) < 4.78 is 0. The molecule has 0 aromatic rings. The van der Waals surface area contributed by atoms with Crippen LogP contribution in [0.1, 0.15) is 111 Å². The highest BCUT2D eigenvalue weighted by Gasteiger charge is 2.81. The predicted molar refractivity (Wildman–Crippen MR) is 179 cm³/mol. The molecule has 47 heavy (non-hydrogen) atoms. The summed E-state index contributed by atoms with van der Waals surface area (Å²) in [5, 5.41) is 58.9. The summed E-state index contributed by atoms with van der Waals surface area (Å²) >= 11 is 0. The first-order chi connectivity index (χ1) is 22.3. The largest absolute Gasteiger partial charge is 0.396 e. The lowest BCUT2D eigenvalue weighted by molar-refractivity contribution is -0.286. The third-order valence-electron chi connectivity index (χ3n) is 18.0. The smallest absolute Gasteiger partial charge is 0.159 e. The number of aliphatic hydroxyl groups is 5. The maximum absolute atomic E-state index is 15.4. The topological polar surface area (TPSA) is 118 Å². The van der Waals surface area contributed by atoms with E-state index < -0.39 is 46.1 Å². The van der Waals surface area contributed by atoms with Gasteiger partial charge in [0.05, 0.1) is 31.0 Å². The molecule has 6 fully saturated rings. The Hall–Kier alpha value is -1.31. The van der Waals surface area contributed by atoms with Crippen molar-refractivity contribution in [2.75, 3.05) is 13.2 Å². The van der Waals surface area contributed by atoms with E-state index in [-0.39, 0.29) is 52.3 Å². The highest BCUT2D eigenvalue weighted by Crippen LogP contribution is 2.84. The quantitative estimate of drug-likeness (QED) is 0.253. The Morgan fingerprint density at radius 2 is 1.70 bits per heavy atom. The first kappa shape index (κ1) is 31.7. The minimum atomic E-state index is -1.17. The number of carbonyl (C=O) groups excluding carboxylic acids is 1. The lowest BCUT2D eigenvalue weighted by Crippen LogP contribution is -2.77. The third kappa shape index (κ3) is 3.23. The van der Waals surface area contributed by atoms with Crippen LogP contribution in [-0.4, -0.2) is 62.3 Å². The van der Waals surface area contributed by atoms with Crippen molar-refractivity contribution >= 4 is 5.78 Å². The second-order valence-electron chi connectivity index (χ2n) is 19.5. The fourth-order valence-electron chi connectivity index (χ4n) is 16.9. The molecule has 0 aliphatic heterocycles. The van der Waals surface area contributed by atoms with Gasteiger partial charge in [-0.25, -0.2) is 0 Å². The van der Waals surface area contributed by atoms with Gasteiger partial charge in [0.15, 0.2) is 5.78 Å². The van der Waals surface area contributed by atoms with Gasteiger partial charge in [-0.05, 0) is 127 Å². The van der Waals surface area contributed by atoms with Crippen molar-refractivity contribution in [2.45, 2.75) is 128 Å². The first-order valence-corrected chi connectivity index (χ1v) is 19.2. The number of carbonyl (C=O) groups is 1. The van der Waals surface area contributed by atoms with Gasteiger partial charge < -0.3 is 25.5 Å². The fraction of sp³-hybridized carbons (Fsp3) is 0.829. The molecular weight excluding hydrogens is 588 g/mol. The normalized spacial score (nSPS) is 57.0. The Balaban J connectivity index is 1.29. The van der Waals surface area contributed by atoms with Gasteiger partial charge in [0.2, 0.25) is 0 Å². The highest BCUT2D eigenvalue weighted by molar-refractivity contribution is 5.96. The number of hydrogen-bond acceptors (Lipinski definition) is 6. The lowest BCUT2D eigenvalue weighted by atomic mass is 9.27. The molecule has 0 radical (unpaired) electrons. The van der Waals surface area contributed by atoms with E-state index in [1.807, 2.05) is 0 Å². The molecule has 258 valence electrons. The summed E-state index contributed by atoms with van der Waals surface area (Å²) in [6.07, 6.45) is 21.3. The van der Waals surface area contributed by atoms with Gasteiger partial charge >= 0.3 is 0 Å². The minimum Gasteiger partial charge on any atom is -0.396 e. The van der Waals surface area contributed by atoms with Crippen LogP contribution in [0, 0.1) is 67.5 Å². The maximum atomic E-state index is 15.4. The van der Waals surface area contributed by atoms with Crippen molar-refractivity contribution in [1.29, 1.82) is 0 Å². The number of fused-ring (bicyclic) bond motifs is 4. The zero-order chi connectivity index (χ0) is 33.0. The molecule has 10 aliphatic rings. The Morgan fingerprint density at radius 3 is 2.47 bits per heavy atom. The van der Waals surface area contributed by atoms with Gasteiger partial charge in [0.25, 0.3) is 0 Å². The van der Waals surface area contributed by atoms with Crippen LogP contribution >= 0.6 is 0 Å². The molecule has 0 unspecified atom stereocenters. The molecule has 10 rings (SSSR count). The SMILES string of the molecule is CC1(C)C[C@@H]2C3=CC(=O)[C@@H]4[C@]56CCCC[C@]4(CC[C@@H]5[C@@]4([C@H](O)CO)CC=C[C@@H]6C[C@@H]4O)[C@]3(C)C[C@@]3(O)C=C[C@H]4CCC[C@@]4(C1)[C@@]23CO. The lowest BCUT2D eigenvalue weighted by Gasteiger charge is -2.77. The van der Waals surface area contributed by atoms with Crippen LogP contribution in [0.5, 0.6) is 0 Å². The summed E-state index contributed by atoms with van der Waals surface area (Å²) in [7, 11) is 0. The number of hydrogen-bond donors (Lipinski definition) is 5. The standard InChI is InChI=1S/C41H58O6/c1-34(2)20-28-27-19-29(44)33-36(35(27,3)23-38(47)17-10-25-8-6-13-37(25,22-34)41(28,38)24-43)12-4-5-14-39(33)26-9-7-15-40(31(45)18-26,32(46)21-42)30(39)11-16-36/h7,9-10,17,19,25-26,28,30-33,42-43,45-47H,4-6,8,11-16,18,20-24H2,1-3H3/t25-,26-,28-,30+,31+,32-,33+,35-,36-,37+,38+,39+,40+,41-/m1/s1. The molecule has 5 N–H and O–H groups in total. The van der Waals surface area contributed by atoms with E-state index in [2.05, 4.69) is 51.2 Å². The van der Waals surface area contributed by atoms with Crippen molar-refractivity contribution in [3.05, 3.63) is 36.0 Å². The summed E-state index contributed by atoms with van der Waals surface area (Å²) in [5.41, 5.74) is -2.91. The van der Waals surface area contributed by atoms with Crippen LogP contribution in [0.25, 0.3) is 0 Å². The third-order valence-corrected chi connectivity index (χ3v) is 18.0. The Bertz CT molecular complexity index is 1480. The van der Waals surface area contributed by atoms with Gasteiger partial charge in [-0.1, -0.05) is 69.9 Å². The zero-order valence-corrected chi connectivity index (χ0v) is 28.9. The molecule has 0 aromatic carbocycles. The predicted octanol–water partition coefficient (Wildman–Crippen LogP) is 5.66. The molecule has 0 amide bonds. The second kappa shape index (κ2) is 9.51. The van der Waals surface area contributed by atoms with Gasteiger partial charge in [-0.2, -0.15) is 0 Å². The molecule has 6 heteroatoms. The summed E-state index contributed by atoms with van der Waals surface area (Å²) in [4.78, 5) is 15.4. The number of rotatable bonds is 3. The van der Waals surface area contributed by atoms with E-state index in [0.717, 1.165) is 70.6 Å². The average molecular weight is 647 g/mol. The maximum Gasteiger partial charge on any atom is 0.159 e. The number of allylic oxidation sites excluding steroid dienone is 5. The van der Waals surface area contributed by atoms with Crippen molar-refractivity contribution in [3.63, 3.8) is 0 Å². The van der Waals surface area contributed by atoms with Gasteiger partial charge in [-0.3, -0.25) is 4.79 Å². The molecule has 14 atom stereocenters. The molecular formula is C41H58O6. The van der Waals surface area contributed by atoms with E-state index >= 15 is 4.79 Å². The number of ketones is 1. The fourth-order valence-corrected chi connectivity index (χ4v) is 16.9. The van der Waals surface area contributed by atoms with E-state index in [0.29, 0.717) is 25.2 Å². The molecule has 0 aromatic heterocycles.